The lowest BCUT2D eigenvalue weighted by atomic mass is 9.90. The van der Waals surface area contributed by atoms with Crippen LogP contribution in [-0.2, 0) is 9.47 Å². The van der Waals surface area contributed by atoms with Gasteiger partial charge in [-0.1, -0.05) is 57.0 Å². The average Bonchev–Trinajstić information content (AvgIpc) is 2.80. The summed E-state index contributed by atoms with van der Waals surface area (Å²) in [6, 6.07) is 0. The summed E-state index contributed by atoms with van der Waals surface area (Å²) in [7, 11) is 7.78. The second-order valence-electron chi connectivity index (χ2n) is 8.05. The van der Waals surface area contributed by atoms with Crippen molar-refractivity contribution in [1.82, 2.24) is 10.6 Å². The van der Waals surface area contributed by atoms with Crippen LogP contribution in [-0.4, -0.2) is 88.7 Å². The number of hydrogen-bond donors (Lipinski definition) is 4. The summed E-state index contributed by atoms with van der Waals surface area (Å²) in [4.78, 5) is 0. The van der Waals surface area contributed by atoms with Crippen molar-refractivity contribution in [2.75, 3.05) is 88.7 Å². The third kappa shape index (κ3) is 24.3. The highest BCUT2D eigenvalue weighted by Gasteiger charge is 2.22. The predicted molar refractivity (Wildman–Crippen MR) is 152 cm³/mol. The van der Waals surface area contributed by atoms with Crippen LogP contribution in [0.1, 0.15) is 46.0 Å². The topological polar surface area (TPSA) is 94.6 Å². The molecule has 0 aliphatic rings. The summed E-state index contributed by atoms with van der Waals surface area (Å²) < 4.78 is 11.9. The maximum absolute atomic E-state index is 5.97. The normalized spacial score (nSPS) is 12.0. The van der Waals surface area contributed by atoms with Crippen molar-refractivity contribution in [2.24, 2.45) is 16.9 Å². The molecular weight excluding hydrogens is 481 g/mol. The van der Waals surface area contributed by atoms with Gasteiger partial charge in [0.15, 0.2) is 0 Å². The van der Waals surface area contributed by atoms with Crippen molar-refractivity contribution >= 4 is 43.2 Å². The minimum absolute atomic E-state index is 0.119. The zero-order valence-corrected chi connectivity index (χ0v) is 23.8. The van der Waals surface area contributed by atoms with Crippen molar-refractivity contribution in [3.63, 3.8) is 0 Å². The predicted octanol–water partition coefficient (Wildman–Crippen LogP) is 3.86. The SMILES string of the molecule is CCC(C)(COCCCSSCCNCCCN)COCCCSSCCNCCCN. The van der Waals surface area contributed by atoms with Crippen LogP contribution in [0.5, 0.6) is 0 Å². The van der Waals surface area contributed by atoms with E-state index in [0.717, 1.165) is 121 Å². The van der Waals surface area contributed by atoms with E-state index in [9.17, 15) is 0 Å². The van der Waals surface area contributed by atoms with Gasteiger partial charge in [-0.05, 0) is 58.3 Å². The van der Waals surface area contributed by atoms with Crippen LogP contribution < -0.4 is 22.1 Å². The molecule has 0 rings (SSSR count). The van der Waals surface area contributed by atoms with Crippen LogP contribution in [0.3, 0.4) is 0 Å². The summed E-state index contributed by atoms with van der Waals surface area (Å²) in [5, 5.41) is 6.81. The van der Waals surface area contributed by atoms with Gasteiger partial charge in [0, 0.05) is 54.7 Å². The Balaban J connectivity index is 3.43. The molecule has 0 radical (unpaired) electrons. The Morgan fingerprint density at radius 2 is 1.09 bits per heavy atom. The molecule has 0 bridgehead atoms. The van der Waals surface area contributed by atoms with E-state index in [4.69, 9.17) is 20.9 Å². The largest absolute Gasteiger partial charge is 0.381 e. The molecule has 32 heavy (non-hydrogen) atoms. The van der Waals surface area contributed by atoms with E-state index in [-0.39, 0.29) is 5.41 Å². The van der Waals surface area contributed by atoms with Crippen molar-refractivity contribution < 1.29 is 9.47 Å². The monoisotopic (exact) mass is 530 g/mol. The smallest absolute Gasteiger partial charge is 0.0541 e. The van der Waals surface area contributed by atoms with Gasteiger partial charge in [0.05, 0.1) is 13.2 Å². The molecular formula is C22H50N4O2S4. The third-order valence-corrected chi connectivity index (χ3v) is 9.78. The van der Waals surface area contributed by atoms with Crippen LogP contribution in [0.4, 0.5) is 0 Å². The fourth-order valence-corrected chi connectivity index (χ4v) is 6.51. The molecule has 0 unspecified atom stereocenters. The maximum Gasteiger partial charge on any atom is 0.0541 e. The molecule has 0 aromatic heterocycles. The Morgan fingerprint density at radius 1 is 0.656 bits per heavy atom. The van der Waals surface area contributed by atoms with Crippen molar-refractivity contribution in [2.45, 2.75) is 46.0 Å². The van der Waals surface area contributed by atoms with Crippen LogP contribution in [0, 0.1) is 5.41 Å². The molecule has 194 valence electrons. The van der Waals surface area contributed by atoms with Gasteiger partial charge in [-0.2, -0.15) is 0 Å². The van der Waals surface area contributed by atoms with E-state index >= 15 is 0 Å². The standard InChI is InChI=1S/C22H50N4O2S4/c1-3-22(2,20-27-14-6-16-29-31-18-12-25-10-4-8-23)21-28-15-7-17-30-32-19-13-26-11-5-9-24/h25-26H,3-21,23-24H2,1-2H3. The van der Waals surface area contributed by atoms with E-state index in [2.05, 4.69) is 24.5 Å². The second kappa shape index (κ2) is 26.8. The van der Waals surface area contributed by atoms with Crippen LogP contribution in [0.25, 0.3) is 0 Å². The van der Waals surface area contributed by atoms with Crippen molar-refractivity contribution in [3.05, 3.63) is 0 Å². The van der Waals surface area contributed by atoms with Crippen LogP contribution >= 0.6 is 43.2 Å². The quantitative estimate of drug-likeness (QED) is 0.0926. The molecule has 6 nitrogen and oxygen atoms in total. The first-order valence-electron chi connectivity index (χ1n) is 12.1. The van der Waals surface area contributed by atoms with E-state index in [0.29, 0.717) is 0 Å². The van der Waals surface area contributed by atoms with Gasteiger partial charge in [0.2, 0.25) is 0 Å². The summed E-state index contributed by atoms with van der Waals surface area (Å²) >= 11 is 0. The van der Waals surface area contributed by atoms with Crippen molar-refractivity contribution in [3.8, 4) is 0 Å². The molecule has 10 heteroatoms. The molecule has 0 heterocycles. The Kier molecular flexibility index (Phi) is 27.7. The first-order valence-corrected chi connectivity index (χ1v) is 17.1. The molecule has 0 aliphatic carbocycles. The molecule has 0 aromatic carbocycles. The zero-order valence-electron chi connectivity index (χ0n) is 20.5. The lowest BCUT2D eigenvalue weighted by molar-refractivity contribution is -0.0143. The zero-order chi connectivity index (χ0) is 23.6. The first-order chi connectivity index (χ1) is 15.7. The number of nitrogens with one attached hydrogen (secondary N) is 2. The van der Waals surface area contributed by atoms with Crippen molar-refractivity contribution in [1.29, 1.82) is 0 Å². The molecule has 0 aromatic rings. The summed E-state index contributed by atoms with van der Waals surface area (Å²) in [6.07, 6.45) is 5.41. The lowest BCUT2D eigenvalue weighted by Gasteiger charge is -2.27. The molecule has 0 fully saturated rings. The van der Waals surface area contributed by atoms with E-state index < -0.39 is 0 Å². The Labute approximate surface area is 214 Å². The Morgan fingerprint density at radius 3 is 1.50 bits per heavy atom. The van der Waals surface area contributed by atoms with Gasteiger partial charge < -0.3 is 31.6 Å². The second-order valence-corrected chi connectivity index (χ2v) is 13.5. The highest BCUT2D eigenvalue weighted by atomic mass is 33.1. The lowest BCUT2D eigenvalue weighted by Crippen LogP contribution is -2.29. The molecule has 6 N–H and O–H groups in total. The maximum atomic E-state index is 5.97. The molecule has 0 aliphatic heterocycles. The highest BCUT2D eigenvalue weighted by Crippen LogP contribution is 2.24. The third-order valence-electron chi connectivity index (χ3n) is 4.79. The van der Waals surface area contributed by atoms with Gasteiger partial charge in [-0.3, -0.25) is 0 Å². The Hall–Kier alpha value is 1.16. The average molecular weight is 531 g/mol. The fraction of sp³-hybridized carbons (Fsp3) is 1.00. The van der Waals surface area contributed by atoms with E-state index in [1.54, 1.807) is 0 Å². The van der Waals surface area contributed by atoms with E-state index in [1.807, 2.05) is 43.2 Å². The molecule has 0 amide bonds. The van der Waals surface area contributed by atoms with Crippen LogP contribution in [0.15, 0.2) is 0 Å². The minimum atomic E-state index is 0.119. The fourth-order valence-electron chi connectivity index (χ4n) is 2.49. The summed E-state index contributed by atoms with van der Waals surface area (Å²) in [6.45, 7) is 13.5. The van der Waals surface area contributed by atoms with Gasteiger partial charge >= 0.3 is 0 Å². The molecule has 0 spiro atoms. The minimum Gasteiger partial charge on any atom is -0.381 e. The van der Waals surface area contributed by atoms with Gasteiger partial charge in [0.25, 0.3) is 0 Å². The van der Waals surface area contributed by atoms with E-state index in [1.165, 1.54) is 0 Å². The van der Waals surface area contributed by atoms with Crippen LogP contribution in [0.2, 0.25) is 0 Å². The first kappa shape index (κ1) is 33.2. The molecule has 0 saturated heterocycles. The number of ether oxygens (including phenoxy) is 2. The van der Waals surface area contributed by atoms with Gasteiger partial charge in [0.1, 0.15) is 0 Å². The Bertz CT molecular complexity index is 347. The van der Waals surface area contributed by atoms with Gasteiger partial charge in [-0.15, -0.1) is 0 Å². The number of rotatable bonds is 27. The molecule has 0 saturated carbocycles. The summed E-state index contributed by atoms with van der Waals surface area (Å²) in [5.41, 5.74) is 11.1. The molecule has 0 atom stereocenters. The highest BCUT2D eigenvalue weighted by molar-refractivity contribution is 8.77. The number of hydrogen-bond acceptors (Lipinski definition) is 10. The number of nitrogens with two attached hydrogens (primary N) is 2. The van der Waals surface area contributed by atoms with Gasteiger partial charge in [-0.25, -0.2) is 0 Å². The summed E-state index contributed by atoms with van der Waals surface area (Å²) in [5.74, 6) is 4.58.